The second-order valence-electron chi connectivity index (χ2n) is 4.93. The summed E-state index contributed by atoms with van der Waals surface area (Å²) >= 11 is 6.24. The van der Waals surface area contributed by atoms with E-state index in [1.807, 2.05) is 43.4 Å². The Labute approximate surface area is 124 Å². The monoisotopic (exact) mass is 290 g/mol. The van der Waals surface area contributed by atoms with Crippen LogP contribution in [0, 0.1) is 0 Å². The molecule has 0 aliphatic rings. The third-order valence-corrected chi connectivity index (χ3v) is 3.89. The number of aromatic nitrogens is 1. The van der Waals surface area contributed by atoms with Crippen molar-refractivity contribution in [2.45, 2.75) is 26.0 Å². The number of hydrogen-bond acceptors (Lipinski definition) is 3. The Hall–Kier alpha value is -1.58. The molecule has 106 valence electrons. The van der Waals surface area contributed by atoms with Gasteiger partial charge in [0.1, 0.15) is 5.82 Å². The molecule has 0 spiro atoms. The Morgan fingerprint density at radius 3 is 2.40 bits per heavy atom. The molecule has 0 saturated heterocycles. The molecule has 0 amide bonds. The minimum absolute atomic E-state index is 0.119. The second kappa shape index (κ2) is 6.25. The van der Waals surface area contributed by atoms with Crippen LogP contribution in [-0.4, -0.2) is 17.1 Å². The molecule has 3 nitrogen and oxygen atoms in total. The van der Waals surface area contributed by atoms with Crippen LogP contribution in [0.3, 0.4) is 0 Å². The average molecular weight is 291 g/mol. The van der Waals surface area contributed by atoms with Crippen molar-refractivity contribution in [1.82, 2.24) is 4.98 Å². The lowest BCUT2D eigenvalue weighted by Crippen LogP contribution is -2.22. The Morgan fingerprint density at radius 2 is 1.85 bits per heavy atom. The summed E-state index contributed by atoms with van der Waals surface area (Å²) in [5, 5.41) is 10.3. The van der Waals surface area contributed by atoms with E-state index >= 15 is 0 Å². The van der Waals surface area contributed by atoms with E-state index < -0.39 is 6.10 Å². The number of halogens is 1. The summed E-state index contributed by atoms with van der Waals surface area (Å²) in [6.07, 6.45) is 1.21. The molecule has 1 aromatic heterocycles. The predicted molar refractivity (Wildman–Crippen MR) is 83.1 cm³/mol. The molecular weight excluding hydrogens is 272 g/mol. The molecule has 20 heavy (non-hydrogen) atoms. The highest BCUT2D eigenvalue weighted by atomic mass is 35.5. The van der Waals surface area contributed by atoms with E-state index in [0.29, 0.717) is 0 Å². The van der Waals surface area contributed by atoms with E-state index in [1.165, 1.54) is 0 Å². The minimum Gasteiger partial charge on any atom is -0.389 e. The summed E-state index contributed by atoms with van der Waals surface area (Å²) in [7, 11) is 1.98. The van der Waals surface area contributed by atoms with Crippen LogP contribution in [0.2, 0.25) is 5.02 Å². The van der Waals surface area contributed by atoms with Gasteiger partial charge < -0.3 is 10.0 Å². The van der Waals surface area contributed by atoms with E-state index in [1.54, 1.807) is 13.1 Å². The molecule has 0 saturated carbocycles. The third kappa shape index (κ3) is 3.11. The van der Waals surface area contributed by atoms with E-state index in [9.17, 15) is 5.11 Å². The smallest absolute Gasteiger partial charge is 0.128 e. The van der Waals surface area contributed by atoms with E-state index in [2.05, 4.69) is 16.8 Å². The molecule has 0 bridgehead atoms. The van der Waals surface area contributed by atoms with Crippen molar-refractivity contribution in [3.05, 3.63) is 58.7 Å². The Balaban J connectivity index is 2.22. The first-order chi connectivity index (χ1) is 9.50. The van der Waals surface area contributed by atoms with Gasteiger partial charge in [-0.15, -0.1) is 0 Å². The number of pyridine rings is 1. The van der Waals surface area contributed by atoms with E-state index in [-0.39, 0.29) is 6.04 Å². The lowest BCUT2D eigenvalue weighted by Gasteiger charge is -2.27. The molecule has 4 heteroatoms. The van der Waals surface area contributed by atoms with Crippen molar-refractivity contribution in [2.75, 3.05) is 11.9 Å². The molecule has 1 unspecified atom stereocenters. The number of benzene rings is 1. The summed E-state index contributed by atoms with van der Waals surface area (Å²) in [5.41, 5.74) is 1.88. The normalized spacial score (nSPS) is 13.8. The molecule has 0 fully saturated rings. The molecule has 0 aliphatic carbocycles. The molecular formula is C16H19ClN2O. The Kier molecular flexibility index (Phi) is 4.63. The van der Waals surface area contributed by atoms with Crippen LogP contribution in [0.4, 0.5) is 5.82 Å². The van der Waals surface area contributed by atoms with Crippen LogP contribution in [0.1, 0.15) is 37.1 Å². The summed E-state index contributed by atoms with van der Waals surface area (Å²) in [6, 6.07) is 11.7. The summed E-state index contributed by atoms with van der Waals surface area (Å²) in [4.78, 5) is 6.46. The zero-order chi connectivity index (χ0) is 14.7. The highest BCUT2D eigenvalue weighted by Crippen LogP contribution is 2.29. The highest BCUT2D eigenvalue weighted by molar-refractivity contribution is 6.31. The fourth-order valence-corrected chi connectivity index (χ4v) is 2.37. The van der Waals surface area contributed by atoms with Gasteiger partial charge in [-0.2, -0.15) is 0 Å². The van der Waals surface area contributed by atoms with E-state index in [0.717, 1.165) is 22.0 Å². The van der Waals surface area contributed by atoms with Gasteiger partial charge in [0, 0.05) is 18.3 Å². The quantitative estimate of drug-likeness (QED) is 0.925. The maximum atomic E-state index is 9.51. The molecule has 2 rings (SSSR count). The molecule has 2 aromatic rings. The Morgan fingerprint density at radius 1 is 1.15 bits per heavy atom. The standard InChI is InChI=1S/C16H19ClN2O/c1-11(14-6-4-5-7-15(14)17)19(3)16-9-8-13(10-18-16)12(2)20/h4-12,20H,1-3H3/t11?,12-/m1/s1. The van der Waals surface area contributed by atoms with Crippen LogP contribution in [0.5, 0.6) is 0 Å². The first kappa shape index (κ1) is 14.8. The maximum Gasteiger partial charge on any atom is 0.128 e. The van der Waals surface area contributed by atoms with Crippen molar-refractivity contribution in [2.24, 2.45) is 0 Å². The van der Waals surface area contributed by atoms with E-state index in [4.69, 9.17) is 11.6 Å². The number of aliphatic hydroxyl groups excluding tert-OH is 1. The van der Waals surface area contributed by atoms with Gasteiger partial charge in [0.2, 0.25) is 0 Å². The summed E-state index contributed by atoms with van der Waals surface area (Å²) in [5.74, 6) is 0.849. The molecule has 1 aromatic carbocycles. The van der Waals surface area contributed by atoms with Crippen molar-refractivity contribution < 1.29 is 5.11 Å². The van der Waals surface area contributed by atoms with Gasteiger partial charge >= 0.3 is 0 Å². The highest BCUT2D eigenvalue weighted by Gasteiger charge is 2.16. The van der Waals surface area contributed by atoms with Crippen molar-refractivity contribution in [3.8, 4) is 0 Å². The van der Waals surface area contributed by atoms with Gasteiger partial charge in [0.05, 0.1) is 12.1 Å². The van der Waals surface area contributed by atoms with Crippen molar-refractivity contribution in [3.63, 3.8) is 0 Å². The fraction of sp³-hybridized carbons (Fsp3) is 0.312. The van der Waals surface area contributed by atoms with Gasteiger partial charge in [-0.25, -0.2) is 4.98 Å². The van der Waals surface area contributed by atoms with Crippen LogP contribution in [0.25, 0.3) is 0 Å². The van der Waals surface area contributed by atoms with Gasteiger partial charge in [-0.1, -0.05) is 35.9 Å². The number of anilines is 1. The zero-order valence-electron chi connectivity index (χ0n) is 11.9. The molecule has 0 aliphatic heterocycles. The predicted octanol–water partition coefficient (Wildman–Crippen LogP) is 3.99. The van der Waals surface area contributed by atoms with Crippen LogP contribution >= 0.6 is 11.6 Å². The molecule has 0 radical (unpaired) electrons. The first-order valence-electron chi connectivity index (χ1n) is 6.62. The van der Waals surface area contributed by atoms with Crippen molar-refractivity contribution >= 4 is 17.4 Å². The van der Waals surface area contributed by atoms with Gasteiger partial charge in [-0.05, 0) is 37.1 Å². The summed E-state index contributed by atoms with van der Waals surface area (Å²) in [6.45, 7) is 3.82. The number of nitrogens with zero attached hydrogens (tertiary/aromatic N) is 2. The van der Waals surface area contributed by atoms with Gasteiger partial charge in [0.25, 0.3) is 0 Å². The van der Waals surface area contributed by atoms with Crippen LogP contribution in [-0.2, 0) is 0 Å². The van der Waals surface area contributed by atoms with Gasteiger partial charge in [-0.3, -0.25) is 0 Å². The average Bonchev–Trinajstić information content (AvgIpc) is 2.46. The number of rotatable bonds is 4. The van der Waals surface area contributed by atoms with Crippen LogP contribution < -0.4 is 4.90 Å². The fourth-order valence-electron chi connectivity index (χ4n) is 2.07. The molecule has 2 atom stereocenters. The molecule has 1 heterocycles. The van der Waals surface area contributed by atoms with Crippen molar-refractivity contribution in [1.29, 1.82) is 0 Å². The second-order valence-corrected chi connectivity index (χ2v) is 5.34. The van der Waals surface area contributed by atoms with Crippen LogP contribution in [0.15, 0.2) is 42.6 Å². The SMILES string of the molecule is CC(c1ccccc1Cl)N(C)c1ccc([C@@H](C)O)cn1. The topological polar surface area (TPSA) is 36.4 Å². The Bertz CT molecular complexity index is 569. The zero-order valence-corrected chi connectivity index (χ0v) is 12.7. The third-order valence-electron chi connectivity index (χ3n) is 3.55. The number of aliphatic hydroxyl groups is 1. The molecule has 1 N–H and O–H groups in total. The first-order valence-corrected chi connectivity index (χ1v) is 6.99. The minimum atomic E-state index is -0.497. The lowest BCUT2D eigenvalue weighted by molar-refractivity contribution is 0.199. The lowest BCUT2D eigenvalue weighted by atomic mass is 10.1. The largest absolute Gasteiger partial charge is 0.389 e. The number of hydrogen-bond donors (Lipinski definition) is 1. The van der Waals surface area contributed by atoms with Gasteiger partial charge in [0.15, 0.2) is 0 Å². The summed E-state index contributed by atoms with van der Waals surface area (Å²) < 4.78 is 0. The maximum absolute atomic E-state index is 9.51.